The van der Waals surface area contributed by atoms with Gasteiger partial charge in [0.15, 0.2) is 0 Å². The molecule has 0 bridgehead atoms. The second-order valence-corrected chi connectivity index (χ2v) is 15.6. The first-order valence-electron chi connectivity index (χ1n) is 19.8. The fourth-order valence-electron chi connectivity index (χ4n) is 8.34. The van der Waals surface area contributed by atoms with E-state index in [9.17, 15) is 0 Å². The highest BCUT2D eigenvalue weighted by atomic mass is 16.4. The Morgan fingerprint density at radius 1 is 0.904 bits per heavy atom. The van der Waals surface area contributed by atoms with E-state index in [2.05, 4.69) is 100 Å². The molecule has 7 aliphatic carbocycles. The highest BCUT2D eigenvalue weighted by Gasteiger charge is 2.33. The molecule has 1 N–H and O–H groups in total. The predicted octanol–water partition coefficient (Wildman–Crippen LogP) is 14.1. The largest absolute Gasteiger partial charge is 0.481 e. The van der Waals surface area contributed by atoms with Crippen molar-refractivity contribution in [1.82, 2.24) is 0 Å². The van der Waals surface area contributed by atoms with E-state index in [4.69, 9.17) is 9.90 Å². The van der Waals surface area contributed by atoms with Crippen molar-refractivity contribution in [1.29, 1.82) is 0 Å². The van der Waals surface area contributed by atoms with Gasteiger partial charge in [0, 0.05) is 29.4 Å². The van der Waals surface area contributed by atoms with Crippen LogP contribution >= 0.6 is 0 Å². The van der Waals surface area contributed by atoms with Crippen molar-refractivity contribution in [3.8, 4) is 23.7 Å². The van der Waals surface area contributed by atoms with Crippen LogP contribution in [-0.4, -0.2) is 11.1 Å². The molecule has 2 nitrogen and oxygen atoms in total. The molecule has 2 saturated carbocycles. The Bertz CT molecular complexity index is 1540. The summed E-state index contributed by atoms with van der Waals surface area (Å²) in [7, 11) is 0. The minimum absolute atomic E-state index is 0. The maximum atomic E-state index is 9.00. The molecule has 7 rings (SSSR count). The zero-order chi connectivity index (χ0) is 35.9. The Morgan fingerprint density at radius 3 is 2.13 bits per heavy atom. The molecule has 0 radical (unpaired) electrons. The van der Waals surface area contributed by atoms with Crippen LogP contribution in [0.4, 0.5) is 0 Å². The zero-order valence-electron chi connectivity index (χ0n) is 32.0. The van der Waals surface area contributed by atoms with E-state index in [0.717, 1.165) is 36.7 Å². The van der Waals surface area contributed by atoms with Crippen LogP contribution in [0.2, 0.25) is 0 Å². The lowest BCUT2D eigenvalue weighted by Crippen LogP contribution is -2.22. The van der Waals surface area contributed by atoms with Crippen molar-refractivity contribution in [3.63, 3.8) is 0 Å². The van der Waals surface area contributed by atoms with Crippen molar-refractivity contribution in [2.75, 3.05) is 0 Å². The summed E-state index contributed by atoms with van der Waals surface area (Å²) in [6.07, 6.45) is 42.2. The molecule has 0 aromatic heterocycles. The number of fused-ring (bicyclic) bond motifs is 4. The summed E-state index contributed by atoms with van der Waals surface area (Å²) in [6.45, 7) is 13.8. The fraction of sp³-hybridized carbons (Fsp3) is 0.580. The number of allylic oxidation sites excluding steroid dienone is 15. The van der Waals surface area contributed by atoms with E-state index in [1.165, 1.54) is 107 Å². The molecule has 52 heavy (non-hydrogen) atoms. The lowest BCUT2D eigenvalue weighted by atomic mass is 9.74. The summed E-state index contributed by atoms with van der Waals surface area (Å²) in [5.41, 5.74) is 9.17. The molecular formula is C50H72O2. The Labute approximate surface area is 320 Å². The van der Waals surface area contributed by atoms with Crippen molar-refractivity contribution in [2.24, 2.45) is 35.0 Å². The number of aliphatic carboxylic acids is 1. The molecule has 0 aromatic carbocycles. The van der Waals surface area contributed by atoms with Crippen LogP contribution in [0.1, 0.15) is 152 Å². The molecule has 0 aliphatic heterocycles. The third kappa shape index (κ3) is 12.9. The molecule has 1 unspecified atom stereocenters. The first-order valence-corrected chi connectivity index (χ1v) is 19.8. The standard InChI is InChI=1S/C18H20.2C14H20.C2H4O2.2CH4/c1-5-14(2)16-9-6-8-15(3)18(4)13-7-10-17(18)12-11-16;1-3-11-4-2-6-13-8-10-14(13)9-7-12(11)5-1;1-2-12-6-3-4-7-13-8-5-9-14(13)11-10-12;1-2(3)4;;/h7,9-10,13-15H,5H2,1-4H3;4,10,12-13H,1-3,5-9H2;2,6-7,14H,1,3-5,8-11H2;1H3,(H,3,4);2*1H4/b16-9+;;12-6-,13-7?;;;/t14-,15?,18+;12-,13-;14-;;;/m011.../s1. The van der Waals surface area contributed by atoms with Gasteiger partial charge >= 0.3 is 0 Å². The third-order valence-corrected chi connectivity index (χ3v) is 12.2. The summed E-state index contributed by atoms with van der Waals surface area (Å²) in [6, 6.07) is 0. The number of hydrogen-bond acceptors (Lipinski definition) is 1. The molecule has 2 fully saturated rings. The van der Waals surface area contributed by atoms with Gasteiger partial charge in [-0.3, -0.25) is 4.79 Å². The smallest absolute Gasteiger partial charge is 0.300 e. The Kier molecular flexibility index (Phi) is 19.4. The minimum atomic E-state index is -0.833. The van der Waals surface area contributed by atoms with Crippen LogP contribution in [-0.2, 0) is 4.79 Å². The maximum absolute atomic E-state index is 9.00. The molecule has 0 amide bonds. The summed E-state index contributed by atoms with van der Waals surface area (Å²) in [5.74, 6) is 16.0. The molecule has 284 valence electrons. The van der Waals surface area contributed by atoms with Crippen LogP contribution in [0.3, 0.4) is 0 Å². The zero-order valence-corrected chi connectivity index (χ0v) is 32.0. The molecule has 7 aliphatic rings. The average molecular weight is 705 g/mol. The van der Waals surface area contributed by atoms with Crippen LogP contribution in [0.25, 0.3) is 0 Å². The van der Waals surface area contributed by atoms with Crippen LogP contribution in [0.5, 0.6) is 0 Å². The van der Waals surface area contributed by atoms with Crippen molar-refractivity contribution >= 4 is 5.97 Å². The van der Waals surface area contributed by atoms with Gasteiger partial charge in [0.25, 0.3) is 5.97 Å². The van der Waals surface area contributed by atoms with E-state index in [0.29, 0.717) is 11.8 Å². The highest BCUT2D eigenvalue weighted by Crippen LogP contribution is 2.43. The van der Waals surface area contributed by atoms with Crippen LogP contribution in [0.15, 0.2) is 94.7 Å². The van der Waals surface area contributed by atoms with Gasteiger partial charge in [-0.15, -0.1) is 0 Å². The molecular weight excluding hydrogens is 633 g/mol. The number of hydrogen-bond donors (Lipinski definition) is 1. The van der Waals surface area contributed by atoms with Gasteiger partial charge in [-0.2, -0.15) is 0 Å². The van der Waals surface area contributed by atoms with Gasteiger partial charge in [-0.25, -0.2) is 0 Å². The van der Waals surface area contributed by atoms with E-state index in [-0.39, 0.29) is 20.3 Å². The molecule has 0 heterocycles. The van der Waals surface area contributed by atoms with Gasteiger partial charge < -0.3 is 5.11 Å². The molecule has 2 heteroatoms. The predicted molar refractivity (Wildman–Crippen MR) is 227 cm³/mol. The van der Waals surface area contributed by atoms with Crippen LogP contribution in [0, 0.1) is 58.7 Å². The highest BCUT2D eigenvalue weighted by molar-refractivity contribution is 5.63. The number of carboxylic acids is 1. The van der Waals surface area contributed by atoms with Crippen molar-refractivity contribution in [2.45, 2.75) is 152 Å². The summed E-state index contributed by atoms with van der Waals surface area (Å²) in [4.78, 5) is 9.00. The quantitative estimate of drug-likeness (QED) is 0.235. The van der Waals surface area contributed by atoms with E-state index in [1.807, 2.05) is 17.7 Å². The molecule has 6 atom stereocenters. The average Bonchev–Trinajstić information content (AvgIpc) is 3.84. The lowest BCUT2D eigenvalue weighted by Gasteiger charge is -2.27. The molecule has 0 aromatic rings. The second kappa shape index (κ2) is 22.5. The summed E-state index contributed by atoms with van der Waals surface area (Å²) in [5, 5.41) is 7.42. The normalized spacial score (nSPS) is 30.3. The Hall–Kier alpha value is -3.49. The molecule has 0 saturated heterocycles. The minimum Gasteiger partial charge on any atom is -0.481 e. The van der Waals surface area contributed by atoms with E-state index >= 15 is 0 Å². The first-order chi connectivity index (χ1) is 24.1. The number of rotatable bonds is 3. The van der Waals surface area contributed by atoms with Gasteiger partial charge in [0.1, 0.15) is 0 Å². The van der Waals surface area contributed by atoms with Gasteiger partial charge in [-0.05, 0) is 139 Å². The number of carboxylic acid groups (broad SMARTS) is 1. The van der Waals surface area contributed by atoms with Gasteiger partial charge in [0.05, 0.1) is 0 Å². The van der Waals surface area contributed by atoms with E-state index in [1.54, 1.807) is 11.1 Å². The fourth-order valence-corrected chi connectivity index (χ4v) is 8.34. The topological polar surface area (TPSA) is 37.3 Å². The van der Waals surface area contributed by atoms with Crippen molar-refractivity contribution < 1.29 is 9.90 Å². The van der Waals surface area contributed by atoms with Crippen molar-refractivity contribution in [3.05, 3.63) is 94.7 Å². The summed E-state index contributed by atoms with van der Waals surface area (Å²) < 4.78 is 0. The third-order valence-electron chi connectivity index (χ3n) is 12.2. The summed E-state index contributed by atoms with van der Waals surface area (Å²) >= 11 is 0. The van der Waals surface area contributed by atoms with E-state index < -0.39 is 5.97 Å². The Morgan fingerprint density at radius 2 is 1.52 bits per heavy atom. The lowest BCUT2D eigenvalue weighted by molar-refractivity contribution is -0.134. The molecule has 0 spiro atoms. The van der Waals surface area contributed by atoms with Gasteiger partial charge in [0.2, 0.25) is 0 Å². The monoisotopic (exact) mass is 705 g/mol. The first kappa shape index (κ1) is 44.7. The maximum Gasteiger partial charge on any atom is 0.300 e. The van der Waals surface area contributed by atoms with Crippen LogP contribution < -0.4 is 0 Å². The Balaban J connectivity index is 0.000000254. The number of carbonyl (C=O) groups is 1. The van der Waals surface area contributed by atoms with Gasteiger partial charge in [-0.1, -0.05) is 138 Å². The second-order valence-electron chi connectivity index (χ2n) is 15.6. The SMILES string of the molecule is C.C.C1=C2CCC[C@@H]2CCC2=CC[C@H]2CC1.C=C/C1=C/CCC=C2CCC[C@@H]2CC1.CC(=O)O.CC[C@H](C)/C1=C/C#CC(C)[C@@]2(C)C=CC=C2C#C1.